The highest BCUT2D eigenvalue weighted by Crippen LogP contribution is 2.58. The van der Waals surface area contributed by atoms with Crippen LogP contribution in [0.3, 0.4) is 0 Å². The topological polar surface area (TPSA) is 87.0 Å². The quantitative estimate of drug-likeness (QED) is 0.460. The summed E-state index contributed by atoms with van der Waals surface area (Å²) in [5, 5.41) is 29.8. The fourth-order valence-electron chi connectivity index (χ4n) is 4.62. The van der Waals surface area contributed by atoms with Crippen molar-refractivity contribution in [1.29, 1.82) is 0 Å². The molecule has 0 amide bonds. The van der Waals surface area contributed by atoms with Crippen LogP contribution in [-0.4, -0.2) is 40.1 Å². The zero-order valence-corrected chi connectivity index (χ0v) is 16.9. The molecule has 1 aliphatic carbocycles. The van der Waals surface area contributed by atoms with E-state index in [4.69, 9.17) is 9.84 Å². The van der Waals surface area contributed by atoms with E-state index in [0.29, 0.717) is 24.8 Å². The Morgan fingerprint density at radius 3 is 2.86 bits per heavy atom. The third kappa shape index (κ3) is 4.49. The third-order valence-corrected chi connectivity index (χ3v) is 6.07. The van der Waals surface area contributed by atoms with Gasteiger partial charge in [-0.05, 0) is 25.3 Å². The number of carboxylic acids is 1. The van der Waals surface area contributed by atoms with Gasteiger partial charge in [-0.1, -0.05) is 55.9 Å². The van der Waals surface area contributed by atoms with Crippen molar-refractivity contribution in [2.45, 2.75) is 70.0 Å². The van der Waals surface area contributed by atoms with E-state index in [2.05, 4.69) is 18.8 Å². The molecule has 1 aromatic carbocycles. The van der Waals surface area contributed by atoms with Crippen LogP contribution in [0.25, 0.3) is 0 Å². The second-order valence-electron chi connectivity index (χ2n) is 7.99. The first-order valence-electron chi connectivity index (χ1n) is 10.5. The molecule has 0 bridgehead atoms. The number of benzene rings is 1. The van der Waals surface area contributed by atoms with E-state index in [1.54, 1.807) is 0 Å². The van der Waals surface area contributed by atoms with Gasteiger partial charge in [-0.3, -0.25) is 4.79 Å². The number of unbranched alkanes of at least 4 members (excludes halogenated alkanes) is 2. The van der Waals surface area contributed by atoms with Crippen molar-refractivity contribution in [3.05, 3.63) is 41.5 Å². The lowest BCUT2D eigenvalue weighted by atomic mass is 9.70. The van der Waals surface area contributed by atoms with Gasteiger partial charge in [0, 0.05) is 29.9 Å². The van der Waals surface area contributed by atoms with Crippen molar-refractivity contribution in [3.8, 4) is 17.6 Å². The third-order valence-electron chi connectivity index (χ3n) is 6.07. The maximum absolute atomic E-state index is 11.1. The number of para-hydroxylation sites is 1. The van der Waals surface area contributed by atoms with E-state index in [0.717, 1.165) is 30.6 Å². The first-order valence-corrected chi connectivity index (χ1v) is 10.5. The molecular formula is C24H30O5. The van der Waals surface area contributed by atoms with Gasteiger partial charge in [0.05, 0.1) is 18.1 Å². The normalized spacial score (nSPS) is 27.6. The lowest BCUT2D eigenvalue weighted by molar-refractivity contribution is -0.137. The van der Waals surface area contributed by atoms with E-state index in [1.165, 1.54) is 0 Å². The standard InChI is InChI=1S/C24H30O5/c1-2-3-4-8-17(16-25)12-14-24(13-7-11-22(27)28)21(26)15-20-23(24)18-9-5-6-10-19(18)29-20/h5-6,8-10,20-21,23,25-26H,2-4,7,11,13,15-16H2,1H3,(H,27,28)/b17-8+. The number of rotatable bonds is 8. The Kier molecular flexibility index (Phi) is 7.00. The van der Waals surface area contributed by atoms with Crippen LogP contribution in [0.5, 0.6) is 5.75 Å². The first-order chi connectivity index (χ1) is 14.0. The van der Waals surface area contributed by atoms with Gasteiger partial charge in [-0.25, -0.2) is 0 Å². The van der Waals surface area contributed by atoms with E-state index < -0.39 is 17.5 Å². The highest BCUT2D eigenvalue weighted by molar-refractivity contribution is 5.66. The molecule has 1 aromatic rings. The predicted molar refractivity (Wildman–Crippen MR) is 111 cm³/mol. The summed E-state index contributed by atoms with van der Waals surface area (Å²) in [5.41, 5.74) is 0.893. The number of fused-ring (bicyclic) bond motifs is 3. The predicted octanol–water partition coefficient (Wildman–Crippen LogP) is 3.65. The molecule has 0 radical (unpaired) electrons. The molecule has 4 unspecified atom stereocenters. The number of ether oxygens (including phenoxy) is 1. The Labute approximate surface area is 172 Å². The second kappa shape index (κ2) is 9.47. The monoisotopic (exact) mass is 398 g/mol. The SMILES string of the molecule is CCCC/C=C(\C#CC1(CCCC(=O)O)C(O)CC2Oc3ccccc3C21)CO. The Morgan fingerprint density at radius 1 is 1.34 bits per heavy atom. The van der Waals surface area contributed by atoms with Crippen molar-refractivity contribution >= 4 is 5.97 Å². The summed E-state index contributed by atoms with van der Waals surface area (Å²) < 4.78 is 6.09. The van der Waals surface area contributed by atoms with Crippen molar-refractivity contribution in [2.75, 3.05) is 6.61 Å². The minimum Gasteiger partial charge on any atom is -0.489 e. The molecule has 4 atom stereocenters. The average Bonchev–Trinajstić information content (AvgIpc) is 3.18. The van der Waals surface area contributed by atoms with E-state index in [9.17, 15) is 15.0 Å². The molecular weight excluding hydrogens is 368 g/mol. The lowest BCUT2D eigenvalue weighted by Crippen LogP contribution is -2.34. The van der Waals surface area contributed by atoms with Crippen molar-refractivity contribution < 1.29 is 24.9 Å². The van der Waals surface area contributed by atoms with Crippen LogP contribution in [0.15, 0.2) is 35.9 Å². The fourth-order valence-corrected chi connectivity index (χ4v) is 4.62. The molecule has 156 valence electrons. The molecule has 3 rings (SSSR count). The number of allylic oxidation sites excluding steroid dienone is 1. The number of carboxylic acid groups (broad SMARTS) is 1. The van der Waals surface area contributed by atoms with Crippen LogP contribution >= 0.6 is 0 Å². The van der Waals surface area contributed by atoms with Crippen molar-refractivity contribution in [2.24, 2.45) is 5.41 Å². The summed E-state index contributed by atoms with van der Waals surface area (Å²) in [5.74, 6) is 6.29. The number of hydrogen-bond donors (Lipinski definition) is 3. The largest absolute Gasteiger partial charge is 0.489 e. The Bertz CT molecular complexity index is 818. The lowest BCUT2D eigenvalue weighted by Gasteiger charge is -2.32. The Morgan fingerprint density at radius 2 is 2.14 bits per heavy atom. The van der Waals surface area contributed by atoms with Crippen LogP contribution in [0.1, 0.15) is 63.4 Å². The number of carbonyl (C=O) groups is 1. The summed E-state index contributed by atoms with van der Waals surface area (Å²) in [6.45, 7) is 1.97. The van der Waals surface area contributed by atoms with Crippen molar-refractivity contribution in [3.63, 3.8) is 0 Å². The van der Waals surface area contributed by atoms with Crippen LogP contribution in [0.4, 0.5) is 0 Å². The summed E-state index contributed by atoms with van der Waals surface area (Å²) in [4.78, 5) is 11.1. The van der Waals surface area contributed by atoms with Gasteiger partial charge < -0.3 is 20.1 Å². The zero-order valence-electron chi connectivity index (χ0n) is 16.9. The summed E-state index contributed by atoms with van der Waals surface area (Å²) in [6.07, 6.45) is 5.45. The molecule has 29 heavy (non-hydrogen) atoms. The highest BCUT2D eigenvalue weighted by Gasteiger charge is 2.58. The van der Waals surface area contributed by atoms with Gasteiger partial charge >= 0.3 is 5.97 Å². The van der Waals surface area contributed by atoms with E-state index in [-0.39, 0.29) is 25.0 Å². The number of aliphatic hydroxyl groups excluding tert-OH is 2. The van der Waals surface area contributed by atoms with E-state index >= 15 is 0 Å². The van der Waals surface area contributed by atoms with Crippen LogP contribution in [0.2, 0.25) is 0 Å². The summed E-state index contributed by atoms with van der Waals surface area (Å²) in [7, 11) is 0. The smallest absolute Gasteiger partial charge is 0.303 e. The Hall–Kier alpha value is -2.29. The molecule has 5 nitrogen and oxygen atoms in total. The van der Waals surface area contributed by atoms with Gasteiger partial charge in [-0.2, -0.15) is 0 Å². The molecule has 1 saturated carbocycles. The number of hydrogen-bond acceptors (Lipinski definition) is 4. The van der Waals surface area contributed by atoms with Gasteiger partial charge in [0.1, 0.15) is 11.9 Å². The van der Waals surface area contributed by atoms with Gasteiger partial charge in [0.2, 0.25) is 0 Å². The molecule has 3 N–H and O–H groups in total. The first kappa shape index (κ1) is 21.4. The minimum atomic E-state index is -0.851. The second-order valence-corrected chi connectivity index (χ2v) is 7.99. The minimum absolute atomic E-state index is 0.0369. The van der Waals surface area contributed by atoms with E-state index in [1.807, 2.05) is 30.3 Å². The number of aliphatic carboxylic acids is 1. The molecule has 1 heterocycles. The maximum atomic E-state index is 11.1. The van der Waals surface area contributed by atoms with Crippen LogP contribution in [0, 0.1) is 17.3 Å². The van der Waals surface area contributed by atoms with Crippen LogP contribution in [-0.2, 0) is 4.79 Å². The molecule has 0 aromatic heterocycles. The van der Waals surface area contributed by atoms with Crippen LogP contribution < -0.4 is 4.74 Å². The molecule has 1 fully saturated rings. The average molecular weight is 398 g/mol. The molecule has 0 saturated heterocycles. The number of aliphatic hydroxyl groups is 2. The summed E-state index contributed by atoms with van der Waals surface area (Å²) >= 11 is 0. The molecule has 0 spiro atoms. The van der Waals surface area contributed by atoms with Gasteiger partial charge in [0.15, 0.2) is 0 Å². The van der Waals surface area contributed by atoms with Gasteiger partial charge in [-0.15, -0.1) is 0 Å². The zero-order chi connectivity index (χ0) is 20.9. The van der Waals surface area contributed by atoms with Crippen molar-refractivity contribution in [1.82, 2.24) is 0 Å². The molecule has 1 aliphatic heterocycles. The Balaban J connectivity index is 1.97. The molecule has 5 heteroatoms. The molecule has 2 aliphatic rings. The highest BCUT2D eigenvalue weighted by atomic mass is 16.5. The maximum Gasteiger partial charge on any atom is 0.303 e. The summed E-state index contributed by atoms with van der Waals surface area (Å²) in [6, 6.07) is 7.82. The fraction of sp³-hybridized carbons (Fsp3) is 0.542. The van der Waals surface area contributed by atoms with Gasteiger partial charge in [0.25, 0.3) is 0 Å².